The fraction of sp³-hybridized carbons (Fsp3) is 0.625. The maximum absolute atomic E-state index is 12.6. The van der Waals surface area contributed by atoms with Crippen LogP contribution < -0.4 is 5.32 Å². The van der Waals surface area contributed by atoms with Gasteiger partial charge in [-0.25, -0.2) is 0 Å². The Morgan fingerprint density at radius 3 is 2.52 bits per heavy atom. The molecule has 1 aromatic heterocycles. The largest absolute Gasteiger partial charge is 0.343 e. The molecule has 5 heteroatoms. The van der Waals surface area contributed by atoms with Crippen molar-refractivity contribution in [2.75, 3.05) is 0 Å². The topological polar surface area (TPSA) is 49.4 Å². The Bertz CT molecular complexity index is 550. The standard InChI is InChI=1S/C16H22N2O2S/c1-3-11-7-8-12(21-11)9-18-14(10-5-6-10)15(19)17-13(4-2)16(18)20/h7-8,10,13-14H,3-6,9H2,1-2H3,(H,17,19). The van der Waals surface area contributed by atoms with Crippen LogP contribution in [0, 0.1) is 5.92 Å². The van der Waals surface area contributed by atoms with Gasteiger partial charge in [0, 0.05) is 9.75 Å². The van der Waals surface area contributed by atoms with Crippen LogP contribution in [0.2, 0.25) is 0 Å². The van der Waals surface area contributed by atoms with Gasteiger partial charge in [-0.2, -0.15) is 0 Å². The van der Waals surface area contributed by atoms with E-state index in [4.69, 9.17) is 0 Å². The molecule has 2 amide bonds. The molecule has 0 bridgehead atoms. The number of carbonyl (C=O) groups is 2. The summed E-state index contributed by atoms with van der Waals surface area (Å²) in [4.78, 5) is 29.3. The van der Waals surface area contributed by atoms with Crippen molar-refractivity contribution in [3.63, 3.8) is 0 Å². The highest BCUT2D eigenvalue weighted by molar-refractivity contribution is 7.11. The minimum atomic E-state index is -0.349. The van der Waals surface area contributed by atoms with Gasteiger partial charge in [-0.1, -0.05) is 13.8 Å². The highest BCUT2D eigenvalue weighted by atomic mass is 32.1. The molecule has 2 aliphatic rings. The molecule has 2 fully saturated rings. The maximum Gasteiger partial charge on any atom is 0.246 e. The van der Waals surface area contributed by atoms with E-state index in [-0.39, 0.29) is 23.9 Å². The van der Waals surface area contributed by atoms with Crippen molar-refractivity contribution in [3.05, 3.63) is 21.9 Å². The predicted molar refractivity (Wildman–Crippen MR) is 83.0 cm³/mol. The van der Waals surface area contributed by atoms with Gasteiger partial charge in [0.25, 0.3) is 0 Å². The second-order valence-corrected chi connectivity index (χ2v) is 7.19. The lowest BCUT2D eigenvalue weighted by Gasteiger charge is -2.38. The monoisotopic (exact) mass is 306 g/mol. The van der Waals surface area contributed by atoms with Gasteiger partial charge < -0.3 is 10.2 Å². The van der Waals surface area contributed by atoms with Crippen molar-refractivity contribution < 1.29 is 9.59 Å². The first-order chi connectivity index (χ1) is 10.1. The van der Waals surface area contributed by atoms with Crippen LogP contribution in [-0.4, -0.2) is 28.8 Å². The van der Waals surface area contributed by atoms with Crippen molar-refractivity contribution in [2.24, 2.45) is 5.92 Å². The molecular formula is C16H22N2O2S. The second-order valence-electron chi connectivity index (χ2n) is 5.94. The molecule has 4 nitrogen and oxygen atoms in total. The molecule has 1 saturated carbocycles. The molecule has 114 valence electrons. The molecule has 1 aliphatic carbocycles. The third-order valence-corrected chi connectivity index (χ3v) is 5.59. The second kappa shape index (κ2) is 5.79. The van der Waals surface area contributed by atoms with E-state index >= 15 is 0 Å². The molecule has 3 rings (SSSR count). The van der Waals surface area contributed by atoms with E-state index in [0.717, 1.165) is 19.3 Å². The average molecular weight is 306 g/mol. The van der Waals surface area contributed by atoms with E-state index in [2.05, 4.69) is 24.4 Å². The third kappa shape index (κ3) is 2.84. The zero-order valence-corrected chi connectivity index (χ0v) is 13.4. The van der Waals surface area contributed by atoms with Crippen molar-refractivity contribution in [2.45, 2.75) is 58.2 Å². The van der Waals surface area contributed by atoms with Gasteiger partial charge in [0.2, 0.25) is 11.8 Å². The average Bonchev–Trinajstić information content (AvgIpc) is 3.21. The van der Waals surface area contributed by atoms with Crippen LogP contribution in [0.5, 0.6) is 0 Å². The van der Waals surface area contributed by atoms with Gasteiger partial charge in [0.15, 0.2) is 0 Å². The minimum Gasteiger partial charge on any atom is -0.343 e. The molecule has 2 heterocycles. The van der Waals surface area contributed by atoms with E-state index in [9.17, 15) is 9.59 Å². The number of rotatable bonds is 5. The SMILES string of the molecule is CCc1ccc(CN2C(=O)C(CC)NC(=O)C2C2CC2)s1. The Morgan fingerprint density at radius 2 is 1.95 bits per heavy atom. The first kappa shape index (κ1) is 14.6. The summed E-state index contributed by atoms with van der Waals surface area (Å²) >= 11 is 1.75. The zero-order valence-electron chi connectivity index (χ0n) is 12.6. The van der Waals surface area contributed by atoms with Crippen LogP contribution in [-0.2, 0) is 22.6 Å². The summed E-state index contributed by atoms with van der Waals surface area (Å²) in [5.41, 5.74) is 0. The van der Waals surface area contributed by atoms with E-state index in [1.165, 1.54) is 9.75 Å². The number of thiophene rings is 1. The number of nitrogens with one attached hydrogen (secondary N) is 1. The zero-order chi connectivity index (χ0) is 15.0. The maximum atomic E-state index is 12.6. The fourth-order valence-electron chi connectivity index (χ4n) is 3.00. The lowest BCUT2D eigenvalue weighted by Crippen LogP contribution is -2.63. The molecule has 1 aliphatic heterocycles. The van der Waals surface area contributed by atoms with Crippen LogP contribution >= 0.6 is 11.3 Å². The molecule has 2 atom stereocenters. The number of carbonyl (C=O) groups excluding carboxylic acids is 2. The Labute approximate surface area is 129 Å². The minimum absolute atomic E-state index is 0.0382. The van der Waals surface area contributed by atoms with Crippen molar-refractivity contribution in [1.29, 1.82) is 0 Å². The quantitative estimate of drug-likeness (QED) is 0.907. The molecular weight excluding hydrogens is 284 g/mol. The Balaban J connectivity index is 1.82. The van der Waals surface area contributed by atoms with Gasteiger partial charge in [0.05, 0.1) is 6.54 Å². The Morgan fingerprint density at radius 1 is 1.24 bits per heavy atom. The Hall–Kier alpha value is -1.36. The summed E-state index contributed by atoms with van der Waals surface area (Å²) in [6.45, 7) is 4.66. The highest BCUT2D eigenvalue weighted by Gasteiger charge is 2.47. The third-order valence-electron chi connectivity index (χ3n) is 4.37. The normalized spacial score (nSPS) is 26.1. The number of hydrogen-bond acceptors (Lipinski definition) is 3. The van der Waals surface area contributed by atoms with Gasteiger partial charge in [0.1, 0.15) is 12.1 Å². The van der Waals surface area contributed by atoms with Gasteiger partial charge in [-0.05, 0) is 43.7 Å². The number of hydrogen-bond donors (Lipinski definition) is 1. The van der Waals surface area contributed by atoms with Crippen molar-refractivity contribution in [3.8, 4) is 0 Å². The van der Waals surface area contributed by atoms with Crippen LogP contribution in [0.25, 0.3) is 0 Å². The highest BCUT2D eigenvalue weighted by Crippen LogP contribution is 2.38. The van der Waals surface area contributed by atoms with Crippen LogP contribution in [0.4, 0.5) is 0 Å². The van der Waals surface area contributed by atoms with Gasteiger partial charge >= 0.3 is 0 Å². The molecule has 0 radical (unpaired) electrons. The van der Waals surface area contributed by atoms with E-state index in [0.29, 0.717) is 18.9 Å². The lowest BCUT2D eigenvalue weighted by molar-refractivity contribution is -0.151. The van der Waals surface area contributed by atoms with E-state index < -0.39 is 0 Å². The summed E-state index contributed by atoms with van der Waals surface area (Å²) < 4.78 is 0. The van der Waals surface area contributed by atoms with Crippen LogP contribution in [0.3, 0.4) is 0 Å². The van der Waals surface area contributed by atoms with E-state index in [1.807, 2.05) is 11.8 Å². The van der Waals surface area contributed by atoms with Gasteiger partial charge in [-0.15, -0.1) is 11.3 Å². The lowest BCUT2D eigenvalue weighted by atomic mass is 10.0. The van der Waals surface area contributed by atoms with Crippen molar-refractivity contribution >= 4 is 23.2 Å². The number of aryl methyl sites for hydroxylation is 1. The Kier molecular flexibility index (Phi) is 4.02. The van der Waals surface area contributed by atoms with Gasteiger partial charge in [-0.3, -0.25) is 9.59 Å². The molecule has 0 spiro atoms. The number of nitrogens with zero attached hydrogens (tertiary/aromatic N) is 1. The molecule has 1 N–H and O–H groups in total. The summed E-state index contributed by atoms with van der Waals surface area (Å²) in [6, 6.07) is 3.61. The molecule has 2 unspecified atom stereocenters. The summed E-state index contributed by atoms with van der Waals surface area (Å²) in [5.74, 6) is 0.481. The summed E-state index contributed by atoms with van der Waals surface area (Å²) in [5, 5.41) is 2.89. The molecule has 21 heavy (non-hydrogen) atoms. The van der Waals surface area contributed by atoms with Crippen LogP contribution in [0.15, 0.2) is 12.1 Å². The summed E-state index contributed by atoms with van der Waals surface area (Å²) in [6.07, 6.45) is 3.79. The first-order valence-electron chi connectivity index (χ1n) is 7.82. The van der Waals surface area contributed by atoms with Crippen molar-refractivity contribution in [1.82, 2.24) is 10.2 Å². The van der Waals surface area contributed by atoms with E-state index in [1.54, 1.807) is 11.3 Å². The number of piperazine rings is 1. The van der Waals surface area contributed by atoms with Crippen LogP contribution in [0.1, 0.15) is 42.9 Å². The number of amides is 2. The predicted octanol–water partition coefficient (Wildman–Crippen LogP) is 2.33. The fourth-order valence-corrected chi connectivity index (χ4v) is 3.95. The molecule has 1 aromatic rings. The molecule has 1 saturated heterocycles. The summed E-state index contributed by atoms with van der Waals surface area (Å²) in [7, 11) is 0. The molecule has 0 aromatic carbocycles. The first-order valence-corrected chi connectivity index (χ1v) is 8.64. The smallest absolute Gasteiger partial charge is 0.246 e.